The number of amides is 1. The van der Waals surface area contributed by atoms with Crippen LogP contribution in [0.15, 0.2) is 36.4 Å². The van der Waals surface area contributed by atoms with Gasteiger partial charge in [-0.1, -0.05) is 37.3 Å². The maximum absolute atomic E-state index is 11.6. The van der Waals surface area contributed by atoms with Crippen molar-refractivity contribution in [2.75, 3.05) is 0 Å². The summed E-state index contributed by atoms with van der Waals surface area (Å²) in [4.78, 5) is 11.6. The third kappa shape index (κ3) is 1.78. The summed E-state index contributed by atoms with van der Waals surface area (Å²) in [6, 6.07) is 9.34. The predicted octanol–water partition coefficient (Wildman–Crippen LogP) is 1.30. The number of carbonyl (C=O) groups is 1. The zero-order valence-electron chi connectivity index (χ0n) is 8.53. The van der Waals surface area contributed by atoms with Crippen LogP contribution in [0.4, 0.5) is 0 Å². The Morgan fingerprint density at radius 3 is 2.53 bits per heavy atom. The van der Waals surface area contributed by atoms with Crippen molar-refractivity contribution >= 4 is 11.5 Å². The van der Waals surface area contributed by atoms with Gasteiger partial charge in [0.25, 0.3) is 5.91 Å². The van der Waals surface area contributed by atoms with E-state index < -0.39 is 5.72 Å². The molecule has 1 aromatic carbocycles. The minimum Gasteiger partial charge on any atom is -0.367 e. The van der Waals surface area contributed by atoms with Gasteiger partial charge in [-0.25, -0.2) is 0 Å². The first-order valence-electron chi connectivity index (χ1n) is 4.98. The maximum atomic E-state index is 11.6. The van der Waals surface area contributed by atoms with Crippen molar-refractivity contribution < 1.29 is 9.90 Å². The number of carbonyl (C=O) groups excluding carboxylic acids is 1. The first-order chi connectivity index (χ1) is 7.14. The van der Waals surface area contributed by atoms with Gasteiger partial charge in [0.1, 0.15) is 0 Å². The van der Waals surface area contributed by atoms with Crippen molar-refractivity contribution in [3.63, 3.8) is 0 Å². The van der Waals surface area contributed by atoms with Crippen molar-refractivity contribution in [2.24, 2.45) is 0 Å². The van der Waals surface area contributed by atoms with Crippen LogP contribution in [0.5, 0.6) is 0 Å². The highest BCUT2D eigenvalue weighted by atomic mass is 16.3. The molecule has 0 saturated heterocycles. The minimum absolute atomic E-state index is 0.217. The average molecular weight is 203 g/mol. The van der Waals surface area contributed by atoms with Crippen LogP contribution in [-0.4, -0.2) is 16.7 Å². The second-order valence-electron chi connectivity index (χ2n) is 3.66. The van der Waals surface area contributed by atoms with Gasteiger partial charge in [0.15, 0.2) is 5.72 Å². The van der Waals surface area contributed by atoms with Gasteiger partial charge >= 0.3 is 0 Å². The van der Waals surface area contributed by atoms with E-state index in [2.05, 4.69) is 5.32 Å². The summed E-state index contributed by atoms with van der Waals surface area (Å²) in [6.45, 7) is 1.82. The topological polar surface area (TPSA) is 49.3 Å². The van der Waals surface area contributed by atoms with Crippen molar-refractivity contribution in [3.05, 3.63) is 42.0 Å². The van der Waals surface area contributed by atoms with Gasteiger partial charge in [-0.3, -0.25) is 4.79 Å². The van der Waals surface area contributed by atoms with Crippen LogP contribution in [0.25, 0.3) is 5.57 Å². The summed E-state index contributed by atoms with van der Waals surface area (Å²) in [5.41, 5.74) is 0.196. The lowest BCUT2D eigenvalue weighted by atomic mass is 10.0. The molecule has 15 heavy (non-hydrogen) atoms. The van der Waals surface area contributed by atoms with E-state index in [1.165, 1.54) is 0 Å². The van der Waals surface area contributed by atoms with E-state index >= 15 is 0 Å². The largest absolute Gasteiger partial charge is 0.367 e. The zero-order chi connectivity index (χ0) is 10.9. The number of rotatable bonds is 2. The maximum Gasteiger partial charge on any atom is 0.254 e. The van der Waals surface area contributed by atoms with E-state index in [1.807, 2.05) is 37.3 Å². The molecule has 2 N–H and O–H groups in total. The molecule has 0 bridgehead atoms. The van der Waals surface area contributed by atoms with Crippen molar-refractivity contribution in [3.8, 4) is 0 Å². The molecule has 0 radical (unpaired) electrons. The van der Waals surface area contributed by atoms with Crippen LogP contribution in [-0.2, 0) is 4.79 Å². The predicted molar refractivity (Wildman–Crippen MR) is 57.8 cm³/mol. The Morgan fingerprint density at radius 1 is 1.33 bits per heavy atom. The summed E-state index contributed by atoms with van der Waals surface area (Å²) in [5, 5.41) is 12.4. The fourth-order valence-corrected chi connectivity index (χ4v) is 1.63. The van der Waals surface area contributed by atoms with Gasteiger partial charge in [0, 0.05) is 5.57 Å². The summed E-state index contributed by atoms with van der Waals surface area (Å²) >= 11 is 0. The fraction of sp³-hybridized carbons (Fsp3) is 0.250. The summed E-state index contributed by atoms with van der Waals surface area (Å²) in [7, 11) is 0. The molecule has 3 heteroatoms. The van der Waals surface area contributed by atoms with Crippen molar-refractivity contribution in [2.45, 2.75) is 19.1 Å². The van der Waals surface area contributed by atoms with Gasteiger partial charge in [-0.2, -0.15) is 0 Å². The van der Waals surface area contributed by atoms with E-state index in [4.69, 9.17) is 0 Å². The Hall–Kier alpha value is -1.61. The Morgan fingerprint density at radius 2 is 2.00 bits per heavy atom. The van der Waals surface area contributed by atoms with Gasteiger partial charge in [0.05, 0.1) is 0 Å². The molecule has 1 aromatic rings. The monoisotopic (exact) mass is 203 g/mol. The lowest BCUT2D eigenvalue weighted by molar-refractivity contribution is -0.119. The van der Waals surface area contributed by atoms with Crippen LogP contribution in [0.1, 0.15) is 18.9 Å². The van der Waals surface area contributed by atoms with E-state index in [0.29, 0.717) is 12.0 Å². The molecule has 1 heterocycles. The number of aliphatic hydroxyl groups is 1. The van der Waals surface area contributed by atoms with Crippen LogP contribution >= 0.6 is 0 Å². The van der Waals surface area contributed by atoms with Gasteiger partial charge in [-0.15, -0.1) is 0 Å². The second kappa shape index (κ2) is 3.51. The Kier molecular flexibility index (Phi) is 2.32. The third-order valence-electron chi connectivity index (χ3n) is 2.58. The highest BCUT2D eigenvalue weighted by Gasteiger charge is 2.33. The first-order valence-corrected chi connectivity index (χ1v) is 4.98. The number of hydrogen-bond donors (Lipinski definition) is 2. The molecule has 0 saturated carbocycles. The molecule has 1 unspecified atom stereocenters. The van der Waals surface area contributed by atoms with Crippen LogP contribution in [0.2, 0.25) is 0 Å². The average Bonchev–Trinajstić information content (AvgIpc) is 2.57. The molecule has 0 aromatic heterocycles. The zero-order valence-corrected chi connectivity index (χ0v) is 8.53. The van der Waals surface area contributed by atoms with E-state index in [9.17, 15) is 9.90 Å². The molecule has 3 nitrogen and oxygen atoms in total. The first kappa shape index (κ1) is 9.93. The lowest BCUT2D eigenvalue weighted by Gasteiger charge is -2.17. The lowest BCUT2D eigenvalue weighted by Crippen LogP contribution is -2.41. The van der Waals surface area contributed by atoms with Crippen molar-refractivity contribution in [1.82, 2.24) is 5.32 Å². The molecular formula is C12H13NO2. The summed E-state index contributed by atoms with van der Waals surface area (Å²) in [6.07, 6.45) is 2.06. The molecule has 0 aliphatic carbocycles. The summed E-state index contributed by atoms with van der Waals surface area (Å²) in [5.74, 6) is -0.217. The number of hydrogen-bond acceptors (Lipinski definition) is 2. The molecule has 0 spiro atoms. The SMILES string of the molecule is CCC1(O)C=C(c2ccccc2)C(=O)N1. The molecule has 78 valence electrons. The smallest absolute Gasteiger partial charge is 0.254 e. The summed E-state index contributed by atoms with van der Waals surface area (Å²) < 4.78 is 0. The number of nitrogens with one attached hydrogen (secondary N) is 1. The molecule has 1 aliphatic rings. The fourth-order valence-electron chi connectivity index (χ4n) is 1.63. The van der Waals surface area contributed by atoms with Crippen LogP contribution < -0.4 is 5.32 Å². The Balaban J connectivity index is 2.39. The van der Waals surface area contributed by atoms with Crippen LogP contribution in [0.3, 0.4) is 0 Å². The molecule has 1 aliphatic heterocycles. The normalized spacial score (nSPS) is 24.9. The van der Waals surface area contributed by atoms with Gasteiger partial charge in [-0.05, 0) is 18.1 Å². The van der Waals surface area contributed by atoms with E-state index in [1.54, 1.807) is 6.08 Å². The quantitative estimate of drug-likeness (QED) is 0.761. The van der Waals surface area contributed by atoms with E-state index in [-0.39, 0.29) is 5.91 Å². The minimum atomic E-state index is -1.18. The Labute approximate surface area is 88.4 Å². The van der Waals surface area contributed by atoms with E-state index in [0.717, 1.165) is 5.56 Å². The molecule has 1 amide bonds. The Bertz CT molecular complexity index is 411. The second-order valence-corrected chi connectivity index (χ2v) is 3.66. The van der Waals surface area contributed by atoms with Gasteiger partial charge in [0.2, 0.25) is 0 Å². The highest BCUT2D eigenvalue weighted by molar-refractivity contribution is 6.22. The molecule has 0 fully saturated rings. The molecule has 1 atom stereocenters. The van der Waals surface area contributed by atoms with Crippen molar-refractivity contribution in [1.29, 1.82) is 0 Å². The van der Waals surface area contributed by atoms with Crippen LogP contribution in [0, 0.1) is 0 Å². The highest BCUT2D eigenvalue weighted by Crippen LogP contribution is 2.25. The third-order valence-corrected chi connectivity index (χ3v) is 2.58. The number of benzene rings is 1. The van der Waals surface area contributed by atoms with Gasteiger partial charge < -0.3 is 10.4 Å². The molecule has 2 rings (SSSR count). The standard InChI is InChI=1S/C12H13NO2/c1-2-12(15)8-10(11(14)13-12)9-6-4-3-5-7-9/h3-8,15H,2H2,1H3,(H,13,14). The molecular weight excluding hydrogens is 190 g/mol.